The van der Waals surface area contributed by atoms with E-state index in [9.17, 15) is 14.7 Å². The number of hydrogen-bond acceptors (Lipinski definition) is 5. The summed E-state index contributed by atoms with van der Waals surface area (Å²) in [5.41, 5.74) is 5.58. The third kappa shape index (κ3) is 1.91. The van der Waals surface area contributed by atoms with Gasteiger partial charge in [-0.05, 0) is 55.6 Å². The van der Waals surface area contributed by atoms with Gasteiger partial charge in [-0.2, -0.15) is 0 Å². The smallest absolute Gasteiger partial charge is 0.178 e. The van der Waals surface area contributed by atoms with Gasteiger partial charge in [-0.3, -0.25) is 9.59 Å². The summed E-state index contributed by atoms with van der Waals surface area (Å²) >= 11 is 0. The quantitative estimate of drug-likeness (QED) is 0.772. The highest BCUT2D eigenvalue weighted by molar-refractivity contribution is 6.01. The molecule has 27 heavy (non-hydrogen) atoms. The summed E-state index contributed by atoms with van der Waals surface area (Å²) in [4.78, 5) is 24.7. The van der Waals surface area contributed by atoms with E-state index < -0.39 is 11.7 Å². The van der Waals surface area contributed by atoms with Gasteiger partial charge in [0, 0.05) is 16.7 Å². The van der Waals surface area contributed by atoms with E-state index in [1.807, 2.05) is 6.08 Å². The normalized spacial score (nSPS) is 52.8. The number of rotatable bonds is 2. The number of ketones is 2. The zero-order valence-corrected chi connectivity index (χ0v) is 16.1. The van der Waals surface area contributed by atoms with Gasteiger partial charge in [0.05, 0.1) is 19.3 Å². The molecule has 5 heteroatoms. The highest BCUT2D eigenvalue weighted by atomic mass is 16.5. The van der Waals surface area contributed by atoms with Crippen LogP contribution in [0.25, 0.3) is 0 Å². The molecular weight excluding hydrogens is 342 g/mol. The predicted molar refractivity (Wildman–Crippen MR) is 99.6 cm³/mol. The van der Waals surface area contributed by atoms with Crippen LogP contribution in [0.4, 0.5) is 0 Å². The Kier molecular flexibility index (Phi) is 3.55. The number of allylic oxidation sites excluding steroid dienone is 4. The van der Waals surface area contributed by atoms with Crippen LogP contribution in [-0.2, 0) is 14.3 Å². The van der Waals surface area contributed by atoms with Gasteiger partial charge < -0.3 is 15.6 Å². The second-order valence-corrected chi connectivity index (χ2v) is 9.76. The van der Waals surface area contributed by atoms with Crippen LogP contribution in [0.3, 0.4) is 0 Å². The van der Waals surface area contributed by atoms with E-state index in [-0.39, 0.29) is 34.9 Å². The molecule has 0 unspecified atom stereocenters. The topological polar surface area (TPSA) is 89.6 Å². The highest BCUT2D eigenvalue weighted by Gasteiger charge is 2.75. The Balaban J connectivity index is 1.58. The zero-order chi connectivity index (χ0) is 19.2. The number of nitrogens with two attached hydrogens (primary N) is 1. The van der Waals surface area contributed by atoms with Crippen molar-refractivity contribution in [3.8, 4) is 0 Å². The van der Waals surface area contributed by atoms with E-state index in [4.69, 9.17) is 10.5 Å². The van der Waals surface area contributed by atoms with E-state index in [0.29, 0.717) is 30.8 Å². The Bertz CT molecular complexity index is 787. The number of fused-ring (bicyclic) bond motifs is 4. The summed E-state index contributed by atoms with van der Waals surface area (Å²) in [5.74, 6) is 1.15. The molecule has 1 saturated heterocycles. The highest BCUT2D eigenvalue weighted by Crippen LogP contribution is 2.71. The molecule has 0 aromatic carbocycles. The van der Waals surface area contributed by atoms with Crippen LogP contribution in [0, 0.1) is 34.5 Å². The Morgan fingerprint density at radius 1 is 1.44 bits per heavy atom. The molecule has 0 amide bonds. The Morgan fingerprint density at radius 2 is 2.22 bits per heavy atom. The molecule has 0 bridgehead atoms. The van der Waals surface area contributed by atoms with E-state index >= 15 is 0 Å². The predicted octanol–water partition coefficient (Wildman–Crippen LogP) is 1.79. The van der Waals surface area contributed by atoms with Crippen LogP contribution < -0.4 is 5.73 Å². The molecule has 0 radical (unpaired) electrons. The van der Waals surface area contributed by atoms with Crippen molar-refractivity contribution in [2.75, 3.05) is 13.2 Å². The van der Waals surface area contributed by atoms with Crippen molar-refractivity contribution in [3.63, 3.8) is 0 Å². The summed E-state index contributed by atoms with van der Waals surface area (Å²) in [6.07, 6.45) is 8.24. The first-order valence-electron chi connectivity index (χ1n) is 10.3. The first-order chi connectivity index (χ1) is 12.8. The molecule has 1 aliphatic heterocycles. The van der Waals surface area contributed by atoms with Gasteiger partial charge in [-0.15, -0.1) is 0 Å². The number of carbonyl (C=O) groups excluding carboxylic acids is 2. The molecule has 4 aliphatic carbocycles. The third-order valence-corrected chi connectivity index (χ3v) is 8.86. The summed E-state index contributed by atoms with van der Waals surface area (Å²) in [6.45, 7) is 4.95. The molecule has 1 heterocycles. The lowest BCUT2D eigenvalue weighted by Gasteiger charge is -2.65. The number of Topliss-reactive ketones (excluding diaryl/α,β-unsaturated/α-hetero) is 1. The van der Waals surface area contributed by atoms with Crippen LogP contribution in [0.2, 0.25) is 0 Å². The summed E-state index contributed by atoms with van der Waals surface area (Å²) < 4.78 is 5.95. The number of ether oxygens (including phenoxy) is 1. The van der Waals surface area contributed by atoms with Crippen LogP contribution in [0.5, 0.6) is 0 Å². The molecular formula is C22H29NO4. The first-order valence-corrected chi connectivity index (χ1v) is 10.3. The average molecular weight is 371 g/mol. The lowest BCUT2D eigenvalue weighted by molar-refractivity contribution is -0.286. The van der Waals surface area contributed by atoms with Crippen molar-refractivity contribution in [3.05, 3.63) is 23.8 Å². The molecule has 3 N–H and O–H groups in total. The van der Waals surface area contributed by atoms with E-state index in [2.05, 4.69) is 13.8 Å². The SMILES string of the molecule is C[C@H]1C[C@@H]2[C@H]([C@@H](O)C[C@]34CO[C@]3(C(=O)CN)CC[C@@H]24)[C@@]2(C)C=CC(=O)C=C12. The standard InChI is InChI=1S/C22H29NO4/c1-12-7-14-15-4-6-22(18(26)10-23)21(15,11-27-22)9-17(25)19(14)20(2)5-3-13(24)8-16(12)20/h3,5,8,12,14-15,17,19,25H,4,6-7,9-11,23H2,1-2H3/t12-,14-,15-,17-,19+,20-,21+,22-/m0/s1. The number of aliphatic hydroxyl groups is 1. The van der Waals surface area contributed by atoms with Gasteiger partial charge in [0.2, 0.25) is 0 Å². The minimum atomic E-state index is -0.767. The monoisotopic (exact) mass is 371 g/mol. The first kappa shape index (κ1) is 17.8. The van der Waals surface area contributed by atoms with Gasteiger partial charge >= 0.3 is 0 Å². The molecule has 8 atom stereocenters. The lowest BCUT2D eigenvalue weighted by atomic mass is 9.43. The van der Waals surface area contributed by atoms with E-state index in [0.717, 1.165) is 19.3 Å². The minimum Gasteiger partial charge on any atom is -0.393 e. The number of carbonyl (C=O) groups is 2. The Hall–Kier alpha value is -1.30. The van der Waals surface area contributed by atoms with Crippen LogP contribution in [0.1, 0.15) is 39.5 Å². The van der Waals surface area contributed by atoms with Crippen molar-refractivity contribution >= 4 is 11.6 Å². The second kappa shape index (κ2) is 5.40. The fourth-order valence-corrected chi connectivity index (χ4v) is 7.87. The van der Waals surface area contributed by atoms with Gasteiger partial charge in [-0.1, -0.05) is 25.5 Å². The zero-order valence-electron chi connectivity index (χ0n) is 16.1. The van der Waals surface area contributed by atoms with Crippen LogP contribution in [0.15, 0.2) is 23.8 Å². The largest absolute Gasteiger partial charge is 0.393 e. The van der Waals surface area contributed by atoms with Crippen LogP contribution in [-0.4, -0.2) is 41.5 Å². The summed E-state index contributed by atoms with van der Waals surface area (Å²) in [7, 11) is 0. The van der Waals surface area contributed by atoms with Crippen molar-refractivity contribution in [1.82, 2.24) is 0 Å². The van der Waals surface area contributed by atoms with Gasteiger partial charge in [0.25, 0.3) is 0 Å². The molecule has 5 nitrogen and oxygen atoms in total. The number of aliphatic hydroxyl groups excluding tert-OH is 1. The fraction of sp³-hybridized carbons (Fsp3) is 0.727. The van der Waals surface area contributed by atoms with Gasteiger partial charge in [-0.25, -0.2) is 0 Å². The average Bonchev–Trinajstić information content (AvgIpc) is 2.84. The minimum absolute atomic E-state index is 0.000661. The number of hydrogen-bond donors (Lipinski definition) is 2. The van der Waals surface area contributed by atoms with Crippen molar-refractivity contribution in [2.45, 2.75) is 51.2 Å². The molecule has 0 aromatic rings. The maximum absolute atomic E-state index is 12.7. The van der Waals surface area contributed by atoms with Crippen molar-refractivity contribution in [1.29, 1.82) is 0 Å². The Labute approximate surface area is 160 Å². The molecule has 146 valence electrons. The maximum Gasteiger partial charge on any atom is 0.178 e. The molecule has 5 aliphatic rings. The van der Waals surface area contributed by atoms with Crippen molar-refractivity contribution in [2.24, 2.45) is 40.2 Å². The fourth-order valence-electron chi connectivity index (χ4n) is 7.87. The molecule has 1 spiro atoms. The maximum atomic E-state index is 12.7. The summed E-state index contributed by atoms with van der Waals surface area (Å²) in [6, 6.07) is 0. The molecule has 5 rings (SSSR count). The van der Waals surface area contributed by atoms with E-state index in [1.165, 1.54) is 5.57 Å². The van der Waals surface area contributed by atoms with E-state index in [1.54, 1.807) is 12.2 Å². The molecule has 3 saturated carbocycles. The molecule has 0 aromatic heterocycles. The lowest BCUT2D eigenvalue weighted by Crippen LogP contribution is -2.72. The van der Waals surface area contributed by atoms with Gasteiger partial charge in [0.1, 0.15) is 5.60 Å². The van der Waals surface area contributed by atoms with Gasteiger partial charge in [0.15, 0.2) is 11.6 Å². The van der Waals surface area contributed by atoms with Crippen LogP contribution >= 0.6 is 0 Å². The second-order valence-electron chi connectivity index (χ2n) is 9.76. The Morgan fingerprint density at radius 3 is 2.89 bits per heavy atom. The summed E-state index contributed by atoms with van der Waals surface area (Å²) in [5, 5.41) is 11.3. The molecule has 4 fully saturated rings. The third-order valence-electron chi connectivity index (χ3n) is 8.86. The van der Waals surface area contributed by atoms with Crippen molar-refractivity contribution < 1.29 is 19.4 Å².